The molecule has 0 spiro atoms. The lowest BCUT2D eigenvalue weighted by molar-refractivity contribution is 0.466. The van der Waals surface area contributed by atoms with Gasteiger partial charge in [0.15, 0.2) is 0 Å². The minimum absolute atomic E-state index is 0.126. The second-order valence-electron chi connectivity index (χ2n) is 6.25. The summed E-state index contributed by atoms with van der Waals surface area (Å²) in [6, 6.07) is 17.6. The van der Waals surface area contributed by atoms with Crippen molar-refractivity contribution < 1.29 is 12.8 Å². The molecule has 0 aliphatic heterocycles. The number of hydrogen-bond acceptors (Lipinski definition) is 6. The first-order valence-electron chi connectivity index (χ1n) is 8.82. The molecule has 3 rings (SSSR count). The number of benzene rings is 2. The Morgan fingerprint density at radius 3 is 2.52 bits per heavy atom. The molecule has 1 aromatic heterocycles. The fourth-order valence-electron chi connectivity index (χ4n) is 2.68. The largest absolute Gasteiger partial charge is 0.419 e. The zero-order valence-electron chi connectivity index (χ0n) is 15.9. The van der Waals surface area contributed by atoms with Crippen molar-refractivity contribution in [2.75, 3.05) is 18.9 Å². The number of hydrogen-bond donors (Lipinski definition) is 1. The van der Waals surface area contributed by atoms with E-state index in [-0.39, 0.29) is 28.9 Å². The number of nitriles is 1. The van der Waals surface area contributed by atoms with E-state index in [0.717, 1.165) is 5.56 Å². The third-order valence-corrected chi connectivity index (χ3v) is 6.02. The summed E-state index contributed by atoms with van der Waals surface area (Å²) in [5.74, 6) is 0.483. The molecular formula is C21H20N4O3S. The zero-order chi connectivity index (χ0) is 20.9. The maximum atomic E-state index is 12.8. The van der Waals surface area contributed by atoms with E-state index >= 15 is 0 Å². The van der Waals surface area contributed by atoms with Gasteiger partial charge in [-0.1, -0.05) is 36.4 Å². The molecule has 0 fully saturated rings. The normalized spacial score (nSPS) is 11.2. The molecule has 29 heavy (non-hydrogen) atoms. The van der Waals surface area contributed by atoms with Crippen molar-refractivity contribution in [3.63, 3.8) is 0 Å². The predicted molar refractivity (Wildman–Crippen MR) is 110 cm³/mol. The molecule has 0 aliphatic carbocycles. The molecule has 0 bridgehead atoms. The van der Waals surface area contributed by atoms with E-state index in [1.165, 1.54) is 16.4 Å². The van der Waals surface area contributed by atoms with Gasteiger partial charge in [-0.3, -0.25) is 0 Å². The standard InChI is InChI=1S/C21H20N4O3S/c1-3-13-23-21-19(14-22)24-20(28-21)17-9-11-18(12-10-17)29(26,27)25(2)15-16-7-5-4-6-8-16/h3-12,23H,1,13,15H2,2H3. The summed E-state index contributed by atoms with van der Waals surface area (Å²) in [7, 11) is -2.11. The lowest BCUT2D eigenvalue weighted by Crippen LogP contribution is -2.26. The molecule has 0 aliphatic rings. The molecule has 0 unspecified atom stereocenters. The first-order valence-corrected chi connectivity index (χ1v) is 10.3. The molecule has 2 aromatic carbocycles. The third kappa shape index (κ3) is 4.54. The third-order valence-electron chi connectivity index (χ3n) is 4.20. The Kier molecular flexibility index (Phi) is 6.12. The number of sulfonamides is 1. The fraction of sp³-hybridized carbons (Fsp3) is 0.143. The van der Waals surface area contributed by atoms with Crippen LogP contribution in [0, 0.1) is 11.3 Å². The van der Waals surface area contributed by atoms with Gasteiger partial charge in [-0.2, -0.15) is 14.6 Å². The summed E-state index contributed by atoms with van der Waals surface area (Å²) in [5, 5.41) is 12.1. The van der Waals surface area contributed by atoms with E-state index in [2.05, 4.69) is 16.9 Å². The molecule has 0 saturated carbocycles. The Bertz CT molecular complexity index is 1130. The average Bonchev–Trinajstić information content (AvgIpc) is 3.16. The number of nitrogens with one attached hydrogen (secondary N) is 1. The number of rotatable bonds is 8. The van der Waals surface area contributed by atoms with Crippen LogP contribution in [0.4, 0.5) is 5.88 Å². The number of oxazole rings is 1. The van der Waals surface area contributed by atoms with Crippen LogP contribution < -0.4 is 5.32 Å². The van der Waals surface area contributed by atoms with Gasteiger partial charge in [-0.05, 0) is 29.8 Å². The van der Waals surface area contributed by atoms with Crippen molar-refractivity contribution in [1.82, 2.24) is 9.29 Å². The number of aromatic nitrogens is 1. The summed E-state index contributed by atoms with van der Waals surface area (Å²) in [4.78, 5) is 4.31. The van der Waals surface area contributed by atoms with Gasteiger partial charge < -0.3 is 9.73 Å². The Balaban J connectivity index is 1.81. The molecule has 3 aromatic rings. The second-order valence-corrected chi connectivity index (χ2v) is 8.29. The van der Waals surface area contributed by atoms with Gasteiger partial charge in [0.1, 0.15) is 6.07 Å². The summed E-state index contributed by atoms with van der Waals surface area (Å²) < 4.78 is 32.6. The van der Waals surface area contributed by atoms with Crippen LogP contribution in [0.25, 0.3) is 11.5 Å². The van der Waals surface area contributed by atoms with Crippen molar-refractivity contribution in [1.29, 1.82) is 5.26 Å². The molecule has 7 nitrogen and oxygen atoms in total. The number of anilines is 1. The van der Waals surface area contributed by atoms with Gasteiger partial charge in [-0.25, -0.2) is 8.42 Å². The summed E-state index contributed by atoms with van der Waals surface area (Å²) >= 11 is 0. The van der Waals surface area contributed by atoms with Gasteiger partial charge in [0.2, 0.25) is 27.5 Å². The van der Waals surface area contributed by atoms with E-state index in [4.69, 9.17) is 4.42 Å². The molecular weight excluding hydrogens is 388 g/mol. The molecule has 1 N–H and O–H groups in total. The van der Waals surface area contributed by atoms with Crippen LogP contribution in [0.1, 0.15) is 11.3 Å². The highest BCUT2D eigenvalue weighted by atomic mass is 32.2. The van der Waals surface area contributed by atoms with Crippen LogP contribution >= 0.6 is 0 Å². The van der Waals surface area contributed by atoms with Crippen molar-refractivity contribution >= 4 is 15.9 Å². The molecule has 0 atom stereocenters. The minimum Gasteiger partial charge on any atom is -0.419 e. The highest BCUT2D eigenvalue weighted by Gasteiger charge is 2.21. The monoisotopic (exact) mass is 408 g/mol. The highest BCUT2D eigenvalue weighted by Crippen LogP contribution is 2.27. The smallest absolute Gasteiger partial charge is 0.243 e. The molecule has 8 heteroatoms. The van der Waals surface area contributed by atoms with Crippen molar-refractivity contribution in [3.8, 4) is 17.5 Å². The highest BCUT2D eigenvalue weighted by molar-refractivity contribution is 7.89. The van der Waals surface area contributed by atoms with E-state index in [1.54, 1.807) is 25.3 Å². The Hall–Kier alpha value is -3.41. The topological polar surface area (TPSA) is 99.2 Å². The molecule has 0 saturated heterocycles. The van der Waals surface area contributed by atoms with Gasteiger partial charge >= 0.3 is 0 Å². The molecule has 1 heterocycles. The van der Waals surface area contributed by atoms with Crippen LogP contribution in [0.2, 0.25) is 0 Å². The number of nitrogens with zero attached hydrogens (tertiary/aromatic N) is 3. The summed E-state index contributed by atoms with van der Waals surface area (Å²) in [6.07, 6.45) is 1.63. The summed E-state index contributed by atoms with van der Waals surface area (Å²) in [5.41, 5.74) is 1.59. The van der Waals surface area contributed by atoms with Crippen LogP contribution in [-0.2, 0) is 16.6 Å². The van der Waals surface area contributed by atoms with E-state index < -0.39 is 10.0 Å². The van der Waals surface area contributed by atoms with E-state index in [0.29, 0.717) is 12.1 Å². The van der Waals surface area contributed by atoms with Gasteiger partial charge in [0.05, 0.1) is 4.90 Å². The molecule has 0 amide bonds. The quantitative estimate of drug-likeness (QED) is 0.572. The minimum atomic E-state index is -3.65. The Morgan fingerprint density at radius 2 is 1.90 bits per heavy atom. The van der Waals surface area contributed by atoms with Gasteiger partial charge in [0, 0.05) is 25.7 Å². The van der Waals surface area contributed by atoms with Gasteiger partial charge in [0.25, 0.3) is 0 Å². The van der Waals surface area contributed by atoms with Crippen LogP contribution in [0.5, 0.6) is 0 Å². The SMILES string of the molecule is C=CCNc1oc(-c2ccc(S(=O)(=O)N(C)Cc3ccccc3)cc2)nc1C#N. The maximum absolute atomic E-state index is 12.8. The van der Waals surface area contributed by atoms with Gasteiger partial charge in [-0.15, -0.1) is 6.58 Å². The molecule has 148 valence electrons. The van der Waals surface area contributed by atoms with Crippen LogP contribution in [0.3, 0.4) is 0 Å². The first kappa shape index (κ1) is 20.3. The van der Waals surface area contributed by atoms with Crippen molar-refractivity contribution in [2.45, 2.75) is 11.4 Å². The van der Waals surface area contributed by atoms with Crippen LogP contribution in [-0.4, -0.2) is 31.3 Å². The van der Waals surface area contributed by atoms with E-state index in [1.807, 2.05) is 36.4 Å². The molecule has 0 radical (unpaired) electrons. The van der Waals surface area contributed by atoms with Crippen molar-refractivity contribution in [3.05, 3.63) is 78.5 Å². The van der Waals surface area contributed by atoms with E-state index in [9.17, 15) is 13.7 Å². The first-order chi connectivity index (χ1) is 14.0. The predicted octanol–water partition coefficient (Wildman–Crippen LogP) is 3.63. The maximum Gasteiger partial charge on any atom is 0.243 e. The average molecular weight is 408 g/mol. The fourth-order valence-corrected chi connectivity index (χ4v) is 3.84. The lowest BCUT2D eigenvalue weighted by Gasteiger charge is -2.17. The van der Waals surface area contributed by atoms with Crippen molar-refractivity contribution in [2.24, 2.45) is 0 Å². The summed E-state index contributed by atoms with van der Waals surface area (Å²) in [6.45, 7) is 4.30. The van der Waals surface area contributed by atoms with Crippen LogP contribution in [0.15, 0.2) is 76.6 Å². The Labute approximate surface area is 170 Å². The zero-order valence-corrected chi connectivity index (χ0v) is 16.7. The second kappa shape index (κ2) is 8.73. The Morgan fingerprint density at radius 1 is 1.21 bits per heavy atom. The lowest BCUT2D eigenvalue weighted by atomic mass is 10.2.